The van der Waals surface area contributed by atoms with E-state index in [1.54, 1.807) is 6.92 Å². The Morgan fingerprint density at radius 2 is 1.96 bits per heavy atom. The van der Waals surface area contributed by atoms with Crippen LogP contribution in [0.5, 0.6) is 5.75 Å². The number of para-hydroxylation sites is 1. The summed E-state index contributed by atoms with van der Waals surface area (Å²) in [5.41, 5.74) is 3.29. The molecule has 26 heavy (non-hydrogen) atoms. The number of rotatable bonds is 1. The number of hydrogen-bond donors (Lipinski definition) is 0. The molecule has 2 aliphatic rings. The van der Waals surface area contributed by atoms with Gasteiger partial charge in [-0.2, -0.15) is 0 Å². The van der Waals surface area contributed by atoms with E-state index in [-0.39, 0.29) is 5.91 Å². The van der Waals surface area contributed by atoms with Crippen molar-refractivity contribution in [2.24, 2.45) is 0 Å². The number of carbonyl (C=O) groups is 1. The number of fused-ring (bicyclic) bond motifs is 2. The Balaban J connectivity index is 1.70. The first-order chi connectivity index (χ1) is 12.6. The molecule has 1 aromatic carbocycles. The summed E-state index contributed by atoms with van der Waals surface area (Å²) >= 11 is 0. The summed E-state index contributed by atoms with van der Waals surface area (Å²) in [5.74, 6) is 2.83. The first-order valence-corrected chi connectivity index (χ1v) is 9.19. The fourth-order valence-electron chi connectivity index (χ4n) is 3.77. The van der Waals surface area contributed by atoms with Crippen molar-refractivity contribution in [3.05, 3.63) is 46.9 Å². The van der Waals surface area contributed by atoms with Crippen molar-refractivity contribution in [1.29, 1.82) is 0 Å². The summed E-state index contributed by atoms with van der Waals surface area (Å²) in [6.07, 6.45) is 1.72. The zero-order chi connectivity index (χ0) is 18.1. The van der Waals surface area contributed by atoms with E-state index in [1.807, 2.05) is 30.0 Å². The van der Waals surface area contributed by atoms with Crippen molar-refractivity contribution < 1.29 is 9.53 Å². The third-order valence-corrected chi connectivity index (χ3v) is 5.13. The average Bonchev–Trinajstić information content (AvgIpc) is 2.98. The molecule has 6 heteroatoms. The summed E-state index contributed by atoms with van der Waals surface area (Å²) in [6.45, 7) is 7.28. The van der Waals surface area contributed by atoms with Gasteiger partial charge in [-0.3, -0.25) is 4.79 Å². The van der Waals surface area contributed by atoms with Gasteiger partial charge in [0.1, 0.15) is 24.0 Å². The van der Waals surface area contributed by atoms with Crippen LogP contribution >= 0.6 is 0 Å². The van der Waals surface area contributed by atoms with E-state index < -0.39 is 0 Å². The SMILES string of the molecule is CC(=O)N1CCCN(c2nc(C)nc3c2Cc2ccccc2OC3)CC1. The number of hydrogen-bond acceptors (Lipinski definition) is 5. The van der Waals surface area contributed by atoms with Gasteiger partial charge in [-0.05, 0) is 25.0 Å². The maximum Gasteiger partial charge on any atom is 0.219 e. The van der Waals surface area contributed by atoms with E-state index in [1.165, 1.54) is 5.56 Å². The molecule has 4 rings (SSSR count). The molecule has 136 valence electrons. The number of carbonyl (C=O) groups excluding carboxylic acids is 1. The van der Waals surface area contributed by atoms with Gasteiger partial charge in [-0.25, -0.2) is 9.97 Å². The second-order valence-corrected chi connectivity index (χ2v) is 6.94. The number of aromatic nitrogens is 2. The van der Waals surface area contributed by atoms with Gasteiger partial charge in [0.15, 0.2) is 0 Å². The Hall–Kier alpha value is -2.63. The second kappa shape index (κ2) is 6.94. The van der Waals surface area contributed by atoms with Crippen LogP contribution < -0.4 is 9.64 Å². The van der Waals surface area contributed by atoms with Crippen molar-refractivity contribution in [2.75, 3.05) is 31.1 Å². The molecule has 0 bridgehead atoms. The zero-order valence-corrected chi connectivity index (χ0v) is 15.4. The predicted octanol–water partition coefficient (Wildman–Crippen LogP) is 2.33. The van der Waals surface area contributed by atoms with E-state index in [2.05, 4.69) is 16.0 Å². The number of anilines is 1. The molecule has 1 saturated heterocycles. The number of aryl methyl sites for hydroxylation is 1. The average molecular weight is 352 g/mol. The molecule has 2 aromatic rings. The lowest BCUT2D eigenvalue weighted by molar-refractivity contribution is -0.128. The van der Waals surface area contributed by atoms with Gasteiger partial charge in [0.2, 0.25) is 5.91 Å². The van der Waals surface area contributed by atoms with Crippen LogP contribution in [0, 0.1) is 6.92 Å². The fraction of sp³-hybridized carbons (Fsp3) is 0.450. The van der Waals surface area contributed by atoms with Crippen LogP contribution in [0.3, 0.4) is 0 Å². The van der Waals surface area contributed by atoms with Crippen LogP contribution in [0.15, 0.2) is 24.3 Å². The van der Waals surface area contributed by atoms with Crippen molar-refractivity contribution >= 4 is 11.7 Å². The fourth-order valence-corrected chi connectivity index (χ4v) is 3.77. The summed E-state index contributed by atoms with van der Waals surface area (Å²) < 4.78 is 5.98. The molecule has 3 heterocycles. The first-order valence-electron chi connectivity index (χ1n) is 9.19. The predicted molar refractivity (Wildman–Crippen MR) is 99.4 cm³/mol. The third kappa shape index (κ3) is 3.23. The lowest BCUT2D eigenvalue weighted by Gasteiger charge is -2.25. The van der Waals surface area contributed by atoms with Crippen molar-refractivity contribution in [3.63, 3.8) is 0 Å². The Bertz CT molecular complexity index is 837. The summed E-state index contributed by atoms with van der Waals surface area (Å²) in [5, 5.41) is 0. The normalized spacial score (nSPS) is 16.8. The van der Waals surface area contributed by atoms with E-state index in [0.717, 1.165) is 67.7 Å². The lowest BCUT2D eigenvalue weighted by Crippen LogP contribution is -2.34. The lowest BCUT2D eigenvalue weighted by atomic mass is 10.0. The van der Waals surface area contributed by atoms with E-state index in [4.69, 9.17) is 9.72 Å². The Labute approximate surface area is 153 Å². The molecule has 1 aromatic heterocycles. The maximum atomic E-state index is 11.7. The van der Waals surface area contributed by atoms with Crippen molar-refractivity contribution in [2.45, 2.75) is 33.3 Å². The topological polar surface area (TPSA) is 58.6 Å². The van der Waals surface area contributed by atoms with E-state index in [9.17, 15) is 4.79 Å². The summed E-state index contributed by atoms with van der Waals surface area (Å²) in [4.78, 5) is 25.4. The minimum atomic E-state index is 0.145. The highest BCUT2D eigenvalue weighted by molar-refractivity contribution is 5.73. The molecule has 0 spiro atoms. The van der Waals surface area contributed by atoms with Gasteiger partial charge in [-0.1, -0.05) is 18.2 Å². The molecule has 0 atom stereocenters. The minimum Gasteiger partial charge on any atom is -0.487 e. The quantitative estimate of drug-likeness (QED) is 0.788. The smallest absolute Gasteiger partial charge is 0.219 e. The Morgan fingerprint density at radius 1 is 1.12 bits per heavy atom. The molecule has 0 unspecified atom stereocenters. The van der Waals surface area contributed by atoms with Gasteiger partial charge in [0.05, 0.1) is 5.69 Å². The summed E-state index contributed by atoms with van der Waals surface area (Å²) in [7, 11) is 0. The molecule has 6 nitrogen and oxygen atoms in total. The van der Waals surface area contributed by atoms with Crippen LogP contribution in [0.25, 0.3) is 0 Å². The first kappa shape index (κ1) is 16.8. The zero-order valence-electron chi connectivity index (χ0n) is 15.4. The molecule has 0 N–H and O–H groups in total. The molecule has 2 aliphatic heterocycles. The molecular weight excluding hydrogens is 328 g/mol. The maximum absolute atomic E-state index is 11.7. The molecule has 0 saturated carbocycles. The highest BCUT2D eigenvalue weighted by Gasteiger charge is 2.25. The molecule has 1 fully saturated rings. The van der Waals surface area contributed by atoms with Crippen LogP contribution in [-0.4, -0.2) is 47.0 Å². The molecule has 0 aliphatic carbocycles. The molecule has 0 radical (unpaired) electrons. The molecular formula is C20H24N4O2. The third-order valence-electron chi connectivity index (χ3n) is 5.13. The van der Waals surface area contributed by atoms with Crippen molar-refractivity contribution in [3.8, 4) is 5.75 Å². The van der Waals surface area contributed by atoms with E-state index in [0.29, 0.717) is 6.61 Å². The number of benzene rings is 1. The second-order valence-electron chi connectivity index (χ2n) is 6.94. The van der Waals surface area contributed by atoms with Gasteiger partial charge >= 0.3 is 0 Å². The largest absolute Gasteiger partial charge is 0.487 e. The van der Waals surface area contributed by atoms with Gasteiger partial charge in [0, 0.05) is 45.1 Å². The Kier molecular flexibility index (Phi) is 4.49. The summed E-state index contributed by atoms with van der Waals surface area (Å²) in [6, 6.07) is 8.15. The number of ether oxygens (including phenoxy) is 1. The molecule has 1 amide bonds. The van der Waals surface area contributed by atoms with Crippen molar-refractivity contribution in [1.82, 2.24) is 14.9 Å². The van der Waals surface area contributed by atoms with Crippen LogP contribution in [0.4, 0.5) is 5.82 Å². The standard InChI is InChI=1S/C20H24N4O2/c1-14-21-18-13-26-19-7-4-3-6-16(19)12-17(18)20(22-14)24-9-5-8-23(10-11-24)15(2)25/h3-4,6-7H,5,8-13H2,1-2H3. The van der Waals surface area contributed by atoms with Gasteiger partial charge < -0.3 is 14.5 Å². The number of amides is 1. The van der Waals surface area contributed by atoms with Gasteiger partial charge in [0.25, 0.3) is 0 Å². The van der Waals surface area contributed by atoms with Crippen LogP contribution in [0.2, 0.25) is 0 Å². The highest BCUT2D eigenvalue weighted by Crippen LogP contribution is 2.32. The monoisotopic (exact) mass is 352 g/mol. The van der Waals surface area contributed by atoms with Crippen LogP contribution in [-0.2, 0) is 17.8 Å². The number of nitrogens with zero attached hydrogens (tertiary/aromatic N) is 4. The highest BCUT2D eigenvalue weighted by atomic mass is 16.5. The minimum absolute atomic E-state index is 0.145. The Morgan fingerprint density at radius 3 is 2.81 bits per heavy atom. The van der Waals surface area contributed by atoms with Crippen LogP contribution in [0.1, 0.15) is 36.0 Å². The van der Waals surface area contributed by atoms with E-state index >= 15 is 0 Å². The van der Waals surface area contributed by atoms with Gasteiger partial charge in [-0.15, -0.1) is 0 Å².